The van der Waals surface area contributed by atoms with Gasteiger partial charge in [0.15, 0.2) is 0 Å². The predicted molar refractivity (Wildman–Crippen MR) is 66.4 cm³/mol. The van der Waals surface area contributed by atoms with Gasteiger partial charge >= 0.3 is 0 Å². The summed E-state index contributed by atoms with van der Waals surface area (Å²) < 4.78 is 0. The van der Waals surface area contributed by atoms with Crippen molar-refractivity contribution in [3.05, 3.63) is 0 Å². The number of alkyl halides is 1. The average Bonchev–Trinajstić information content (AvgIpc) is 2.63. The highest BCUT2D eigenvalue weighted by molar-refractivity contribution is 6.17. The first-order valence-corrected chi connectivity index (χ1v) is 7.17. The SMILES string of the molecule is ClCCCCC1CCCC12CCNCC2. The van der Waals surface area contributed by atoms with E-state index in [0.717, 1.165) is 17.2 Å². The second-order valence-electron chi connectivity index (χ2n) is 5.39. The number of hydrogen-bond donors (Lipinski definition) is 1. The molecule has 2 aliphatic rings. The molecule has 0 amide bonds. The number of rotatable bonds is 4. The number of piperidine rings is 1. The molecule has 1 atom stereocenters. The number of hydrogen-bond acceptors (Lipinski definition) is 1. The first-order chi connectivity index (χ1) is 7.37. The van der Waals surface area contributed by atoms with Crippen LogP contribution in [0.25, 0.3) is 0 Å². The van der Waals surface area contributed by atoms with Gasteiger partial charge in [-0.15, -0.1) is 11.6 Å². The molecular formula is C13H24ClN. The average molecular weight is 230 g/mol. The van der Waals surface area contributed by atoms with E-state index in [4.69, 9.17) is 11.6 Å². The summed E-state index contributed by atoms with van der Waals surface area (Å²) in [6.45, 7) is 2.51. The van der Waals surface area contributed by atoms with Crippen molar-refractivity contribution in [3.63, 3.8) is 0 Å². The Hall–Kier alpha value is 0.250. The molecule has 2 heteroatoms. The van der Waals surface area contributed by atoms with Crippen LogP contribution in [0.2, 0.25) is 0 Å². The summed E-state index contributed by atoms with van der Waals surface area (Å²) in [6.07, 6.45) is 11.3. The van der Waals surface area contributed by atoms with Crippen LogP contribution in [-0.4, -0.2) is 19.0 Å². The first kappa shape index (κ1) is 11.7. The van der Waals surface area contributed by atoms with E-state index in [-0.39, 0.29) is 0 Å². The fraction of sp³-hybridized carbons (Fsp3) is 1.00. The quantitative estimate of drug-likeness (QED) is 0.574. The predicted octanol–water partition coefficient (Wildman–Crippen LogP) is 3.57. The molecule has 1 unspecified atom stereocenters. The van der Waals surface area contributed by atoms with Crippen molar-refractivity contribution in [1.29, 1.82) is 0 Å². The monoisotopic (exact) mass is 229 g/mol. The van der Waals surface area contributed by atoms with Gasteiger partial charge in [0.2, 0.25) is 0 Å². The van der Waals surface area contributed by atoms with Gasteiger partial charge in [-0.1, -0.05) is 12.8 Å². The van der Waals surface area contributed by atoms with E-state index < -0.39 is 0 Å². The number of unbranched alkanes of at least 4 members (excludes halogenated alkanes) is 1. The van der Waals surface area contributed by atoms with Gasteiger partial charge in [-0.05, 0) is 62.9 Å². The summed E-state index contributed by atoms with van der Waals surface area (Å²) in [5, 5.41) is 3.50. The van der Waals surface area contributed by atoms with Gasteiger partial charge in [0.25, 0.3) is 0 Å². The Kier molecular flexibility index (Phi) is 4.33. The summed E-state index contributed by atoms with van der Waals surface area (Å²) in [6, 6.07) is 0. The third-order valence-electron chi connectivity index (χ3n) is 4.63. The van der Waals surface area contributed by atoms with Crippen LogP contribution < -0.4 is 5.32 Å². The zero-order chi connectivity index (χ0) is 10.6. The van der Waals surface area contributed by atoms with Gasteiger partial charge in [-0.25, -0.2) is 0 Å². The van der Waals surface area contributed by atoms with Crippen molar-refractivity contribution in [1.82, 2.24) is 5.32 Å². The standard InChI is InChI=1S/C13H24ClN/c14-9-2-1-4-12-5-3-6-13(12)7-10-15-11-8-13/h12,15H,1-11H2. The lowest BCUT2D eigenvalue weighted by Crippen LogP contribution is -2.39. The minimum Gasteiger partial charge on any atom is -0.317 e. The van der Waals surface area contributed by atoms with E-state index >= 15 is 0 Å². The van der Waals surface area contributed by atoms with Crippen LogP contribution in [0.4, 0.5) is 0 Å². The second-order valence-corrected chi connectivity index (χ2v) is 5.76. The van der Waals surface area contributed by atoms with Gasteiger partial charge in [-0.2, -0.15) is 0 Å². The van der Waals surface area contributed by atoms with Gasteiger partial charge < -0.3 is 5.32 Å². The highest BCUT2D eigenvalue weighted by Crippen LogP contribution is 2.51. The molecule has 1 heterocycles. The summed E-state index contributed by atoms with van der Waals surface area (Å²) in [4.78, 5) is 0. The van der Waals surface area contributed by atoms with E-state index in [2.05, 4.69) is 5.32 Å². The molecule has 1 spiro atoms. The molecule has 88 valence electrons. The molecule has 1 saturated carbocycles. The Morgan fingerprint density at radius 2 is 1.93 bits per heavy atom. The molecule has 1 aliphatic heterocycles. The maximum absolute atomic E-state index is 5.75. The molecule has 1 saturated heterocycles. The summed E-state index contributed by atoms with van der Waals surface area (Å²) in [5.74, 6) is 1.86. The highest BCUT2D eigenvalue weighted by Gasteiger charge is 2.42. The molecule has 2 fully saturated rings. The van der Waals surface area contributed by atoms with Crippen LogP contribution in [0, 0.1) is 11.3 Å². The van der Waals surface area contributed by atoms with Crippen molar-refractivity contribution in [2.45, 2.75) is 51.4 Å². The van der Waals surface area contributed by atoms with Crippen LogP contribution in [0.5, 0.6) is 0 Å². The molecule has 15 heavy (non-hydrogen) atoms. The molecule has 0 aromatic heterocycles. The van der Waals surface area contributed by atoms with Crippen LogP contribution in [0.1, 0.15) is 51.4 Å². The number of halogens is 1. The van der Waals surface area contributed by atoms with Gasteiger partial charge in [0.1, 0.15) is 0 Å². The van der Waals surface area contributed by atoms with Crippen molar-refractivity contribution in [3.8, 4) is 0 Å². The van der Waals surface area contributed by atoms with E-state index in [1.165, 1.54) is 64.5 Å². The van der Waals surface area contributed by atoms with E-state index in [0.29, 0.717) is 0 Å². The summed E-state index contributed by atoms with van der Waals surface area (Å²) >= 11 is 5.75. The highest BCUT2D eigenvalue weighted by atomic mass is 35.5. The normalized spacial score (nSPS) is 29.8. The third kappa shape index (κ3) is 2.68. The van der Waals surface area contributed by atoms with Crippen LogP contribution >= 0.6 is 11.6 Å². The molecule has 1 nitrogen and oxygen atoms in total. The molecule has 2 rings (SSSR count). The largest absolute Gasteiger partial charge is 0.317 e. The second kappa shape index (κ2) is 5.54. The summed E-state index contributed by atoms with van der Waals surface area (Å²) in [7, 11) is 0. The Labute approximate surface area is 99.0 Å². The molecule has 0 aromatic carbocycles. The Balaban J connectivity index is 1.85. The minimum atomic E-state index is 0.734. The maximum Gasteiger partial charge on any atom is 0.0223 e. The molecule has 0 aromatic rings. The molecule has 1 aliphatic carbocycles. The molecular weight excluding hydrogens is 206 g/mol. The lowest BCUT2D eigenvalue weighted by molar-refractivity contribution is 0.129. The van der Waals surface area contributed by atoms with Crippen molar-refractivity contribution in [2.75, 3.05) is 19.0 Å². The zero-order valence-electron chi connectivity index (χ0n) is 9.73. The minimum absolute atomic E-state index is 0.734. The van der Waals surface area contributed by atoms with Gasteiger partial charge in [0.05, 0.1) is 0 Å². The van der Waals surface area contributed by atoms with Crippen LogP contribution in [0.15, 0.2) is 0 Å². The van der Waals surface area contributed by atoms with Gasteiger partial charge in [0, 0.05) is 5.88 Å². The van der Waals surface area contributed by atoms with Gasteiger partial charge in [-0.3, -0.25) is 0 Å². The Morgan fingerprint density at radius 1 is 1.13 bits per heavy atom. The lowest BCUT2D eigenvalue weighted by atomic mass is 9.69. The fourth-order valence-electron chi connectivity index (χ4n) is 3.73. The third-order valence-corrected chi connectivity index (χ3v) is 4.90. The maximum atomic E-state index is 5.75. The molecule has 0 bridgehead atoms. The first-order valence-electron chi connectivity index (χ1n) is 6.64. The van der Waals surface area contributed by atoms with Crippen molar-refractivity contribution >= 4 is 11.6 Å². The summed E-state index contributed by atoms with van der Waals surface area (Å²) in [5.41, 5.74) is 0.734. The Bertz CT molecular complexity index is 187. The number of nitrogens with one attached hydrogen (secondary N) is 1. The fourth-order valence-corrected chi connectivity index (χ4v) is 3.92. The van der Waals surface area contributed by atoms with E-state index in [1.54, 1.807) is 0 Å². The van der Waals surface area contributed by atoms with Crippen LogP contribution in [0.3, 0.4) is 0 Å². The van der Waals surface area contributed by atoms with E-state index in [9.17, 15) is 0 Å². The lowest BCUT2D eigenvalue weighted by Gasteiger charge is -2.39. The van der Waals surface area contributed by atoms with E-state index in [1.807, 2.05) is 0 Å². The molecule has 1 N–H and O–H groups in total. The smallest absolute Gasteiger partial charge is 0.0223 e. The van der Waals surface area contributed by atoms with Crippen molar-refractivity contribution in [2.24, 2.45) is 11.3 Å². The van der Waals surface area contributed by atoms with Crippen molar-refractivity contribution < 1.29 is 0 Å². The topological polar surface area (TPSA) is 12.0 Å². The van der Waals surface area contributed by atoms with Crippen LogP contribution in [-0.2, 0) is 0 Å². The Morgan fingerprint density at radius 3 is 2.67 bits per heavy atom. The zero-order valence-corrected chi connectivity index (χ0v) is 10.5. The molecule has 0 radical (unpaired) electrons.